The number of nitrogens with one attached hydrogen (secondary N) is 2. The van der Waals surface area contributed by atoms with Crippen LogP contribution in [0.1, 0.15) is 40.5 Å². The summed E-state index contributed by atoms with van der Waals surface area (Å²) >= 11 is 1.71. The Kier molecular flexibility index (Phi) is 4.76. The van der Waals surface area contributed by atoms with Gasteiger partial charge in [0.2, 0.25) is 0 Å². The highest BCUT2D eigenvalue weighted by Crippen LogP contribution is 2.43. The first-order valence-electron chi connectivity index (χ1n) is 10.3. The van der Waals surface area contributed by atoms with Gasteiger partial charge in [0.15, 0.2) is 0 Å². The molecule has 1 aliphatic carbocycles. The van der Waals surface area contributed by atoms with Gasteiger partial charge in [-0.1, -0.05) is 36.4 Å². The Labute approximate surface area is 185 Å². The minimum Gasteiger partial charge on any atom is -0.288 e. The number of amidine groups is 2. The van der Waals surface area contributed by atoms with E-state index in [1.54, 1.807) is 23.2 Å². The molecule has 0 radical (unpaired) electrons. The van der Waals surface area contributed by atoms with Crippen molar-refractivity contribution in [2.45, 2.75) is 26.2 Å². The van der Waals surface area contributed by atoms with Crippen molar-refractivity contribution in [3.05, 3.63) is 75.7 Å². The van der Waals surface area contributed by atoms with Crippen molar-refractivity contribution in [2.24, 2.45) is 4.99 Å². The minimum atomic E-state index is 0.258. The van der Waals surface area contributed by atoms with E-state index in [0.717, 1.165) is 52.2 Å². The van der Waals surface area contributed by atoms with Gasteiger partial charge in [-0.05, 0) is 55.0 Å². The zero-order chi connectivity index (χ0) is 21.5. The molecule has 0 bridgehead atoms. The summed E-state index contributed by atoms with van der Waals surface area (Å²) in [6.45, 7) is 1.99. The summed E-state index contributed by atoms with van der Waals surface area (Å²) in [7, 11) is 0. The summed E-state index contributed by atoms with van der Waals surface area (Å²) in [5.41, 5.74) is 7.09. The van der Waals surface area contributed by atoms with Gasteiger partial charge >= 0.3 is 0 Å². The molecule has 5 nitrogen and oxygen atoms in total. The number of thiophene rings is 1. The fourth-order valence-electron chi connectivity index (χ4n) is 4.40. The van der Waals surface area contributed by atoms with Gasteiger partial charge in [-0.25, -0.2) is 0 Å². The van der Waals surface area contributed by atoms with Crippen molar-refractivity contribution in [1.29, 1.82) is 16.1 Å². The third-order valence-corrected chi connectivity index (χ3v) is 7.10. The van der Waals surface area contributed by atoms with Crippen LogP contribution in [0.25, 0.3) is 11.1 Å². The van der Waals surface area contributed by atoms with E-state index < -0.39 is 0 Å². The molecule has 0 saturated carbocycles. The van der Waals surface area contributed by atoms with E-state index in [0.29, 0.717) is 17.2 Å². The molecule has 2 heterocycles. The maximum absolute atomic E-state index is 9.18. The van der Waals surface area contributed by atoms with Crippen molar-refractivity contribution in [1.82, 2.24) is 0 Å². The van der Waals surface area contributed by atoms with E-state index in [4.69, 9.17) is 15.8 Å². The second-order valence-corrected chi connectivity index (χ2v) is 8.92. The topological polar surface area (TPSA) is 87.1 Å². The monoisotopic (exact) mass is 423 g/mol. The highest BCUT2D eigenvalue weighted by molar-refractivity contribution is 7.17. The van der Waals surface area contributed by atoms with Crippen molar-refractivity contribution in [3.63, 3.8) is 0 Å². The number of aliphatic imine (C=N–C) groups is 1. The van der Waals surface area contributed by atoms with Crippen LogP contribution in [0.5, 0.6) is 0 Å². The van der Waals surface area contributed by atoms with E-state index in [9.17, 15) is 5.26 Å². The van der Waals surface area contributed by atoms with Gasteiger partial charge in [-0.2, -0.15) is 5.26 Å². The standard InChI is InChI=1S/C25H21N5S/c1-15(27)30-22(28)14-29-24(23-20-6-3-7-21(20)31-25(23)30)18-10-8-17(9-11-18)19-5-2-4-16(12-19)13-26/h2,4-5,8-12,27-28H,3,6-7,14H2,1H3. The third kappa shape index (κ3) is 3.28. The smallest absolute Gasteiger partial charge is 0.129 e. The first-order valence-corrected chi connectivity index (χ1v) is 11.1. The fourth-order valence-corrected chi connectivity index (χ4v) is 5.86. The Morgan fingerprint density at radius 2 is 1.87 bits per heavy atom. The maximum Gasteiger partial charge on any atom is 0.129 e. The van der Waals surface area contributed by atoms with E-state index >= 15 is 0 Å². The number of anilines is 1. The molecule has 2 N–H and O–H groups in total. The van der Waals surface area contributed by atoms with Gasteiger partial charge in [0.1, 0.15) is 16.7 Å². The molecule has 6 heteroatoms. The van der Waals surface area contributed by atoms with Gasteiger partial charge in [-0.3, -0.25) is 20.7 Å². The average Bonchev–Trinajstić information content (AvgIpc) is 3.33. The molecule has 2 aromatic carbocycles. The van der Waals surface area contributed by atoms with Crippen molar-refractivity contribution in [2.75, 3.05) is 11.4 Å². The molecule has 152 valence electrons. The zero-order valence-electron chi connectivity index (χ0n) is 17.2. The lowest BCUT2D eigenvalue weighted by Crippen LogP contribution is -2.35. The zero-order valence-corrected chi connectivity index (χ0v) is 18.0. The first-order chi connectivity index (χ1) is 15.1. The van der Waals surface area contributed by atoms with Crippen LogP contribution in [-0.2, 0) is 12.8 Å². The number of nitriles is 1. The Morgan fingerprint density at radius 3 is 2.61 bits per heavy atom. The fraction of sp³-hybridized carbons (Fsp3) is 0.200. The number of rotatable bonds is 2. The Bertz CT molecular complexity index is 1290. The normalized spacial score (nSPS) is 15.0. The van der Waals surface area contributed by atoms with Gasteiger partial charge in [-0.15, -0.1) is 11.3 Å². The Morgan fingerprint density at radius 1 is 1.10 bits per heavy atom. The molecule has 0 unspecified atom stereocenters. The lowest BCUT2D eigenvalue weighted by molar-refractivity contribution is 0.914. The van der Waals surface area contributed by atoms with Crippen LogP contribution in [0.15, 0.2) is 53.5 Å². The number of aryl methyl sites for hydroxylation is 1. The average molecular weight is 424 g/mol. The molecule has 0 saturated heterocycles. The number of fused-ring (bicyclic) bond motifs is 3. The van der Waals surface area contributed by atoms with Gasteiger partial charge < -0.3 is 0 Å². The summed E-state index contributed by atoms with van der Waals surface area (Å²) in [5.74, 6) is 0.698. The van der Waals surface area contributed by atoms with E-state index in [1.165, 1.54) is 10.4 Å². The number of hydrogen-bond donors (Lipinski definition) is 2. The van der Waals surface area contributed by atoms with Crippen LogP contribution in [-0.4, -0.2) is 23.9 Å². The largest absolute Gasteiger partial charge is 0.288 e. The SMILES string of the molecule is CC(=N)N1C(=N)CN=C(c2ccc(-c3cccc(C#N)c3)cc2)c2c1sc1c2CCC1. The Hall–Kier alpha value is -3.56. The number of nitrogens with zero attached hydrogens (tertiary/aromatic N) is 3. The molecule has 3 aromatic rings. The molecule has 1 aromatic heterocycles. The highest BCUT2D eigenvalue weighted by atomic mass is 32.1. The first kappa shape index (κ1) is 19.4. The highest BCUT2D eigenvalue weighted by Gasteiger charge is 2.32. The van der Waals surface area contributed by atoms with E-state index in [-0.39, 0.29) is 6.54 Å². The molecular weight excluding hydrogens is 402 g/mol. The van der Waals surface area contributed by atoms with Gasteiger partial charge in [0.25, 0.3) is 0 Å². The summed E-state index contributed by atoms with van der Waals surface area (Å²) in [4.78, 5) is 7.96. The van der Waals surface area contributed by atoms with Crippen LogP contribution >= 0.6 is 11.3 Å². The molecule has 0 fully saturated rings. The van der Waals surface area contributed by atoms with Crippen LogP contribution in [0.4, 0.5) is 5.00 Å². The number of hydrogen-bond acceptors (Lipinski definition) is 5. The predicted octanol–water partition coefficient (Wildman–Crippen LogP) is 5.41. The van der Waals surface area contributed by atoms with Crippen molar-refractivity contribution < 1.29 is 0 Å². The second kappa shape index (κ2) is 7.60. The summed E-state index contributed by atoms with van der Waals surface area (Å²) in [6.07, 6.45) is 3.24. The lowest BCUT2D eigenvalue weighted by Gasteiger charge is -2.21. The summed E-state index contributed by atoms with van der Waals surface area (Å²) in [6, 6.07) is 18.1. The number of benzene rings is 2. The molecular formula is C25H21N5S. The van der Waals surface area contributed by atoms with Gasteiger partial charge in [0, 0.05) is 16.0 Å². The molecule has 31 heavy (non-hydrogen) atoms. The molecule has 0 amide bonds. The maximum atomic E-state index is 9.18. The summed E-state index contributed by atoms with van der Waals surface area (Å²) < 4.78 is 0. The Balaban J connectivity index is 1.60. The van der Waals surface area contributed by atoms with Crippen LogP contribution in [0.2, 0.25) is 0 Å². The lowest BCUT2D eigenvalue weighted by atomic mass is 9.96. The molecule has 0 spiro atoms. The van der Waals surface area contributed by atoms with E-state index in [2.05, 4.69) is 30.3 Å². The third-order valence-electron chi connectivity index (χ3n) is 5.82. The predicted molar refractivity (Wildman–Crippen MR) is 127 cm³/mol. The van der Waals surface area contributed by atoms with Crippen molar-refractivity contribution >= 4 is 33.7 Å². The second-order valence-electron chi connectivity index (χ2n) is 7.84. The molecule has 5 rings (SSSR count). The van der Waals surface area contributed by atoms with E-state index in [1.807, 2.05) is 24.3 Å². The molecule has 1 aliphatic heterocycles. The van der Waals surface area contributed by atoms with Crippen LogP contribution in [0, 0.1) is 22.1 Å². The minimum absolute atomic E-state index is 0.258. The quantitative estimate of drug-likeness (QED) is 0.427. The van der Waals surface area contributed by atoms with Crippen LogP contribution < -0.4 is 4.90 Å². The molecule has 0 atom stereocenters. The van der Waals surface area contributed by atoms with Crippen molar-refractivity contribution in [3.8, 4) is 17.2 Å². The van der Waals surface area contributed by atoms with Gasteiger partial charge in [0.05, 0.1) is 23.9 Å². The summed E-state index contributed by atoms with van der Waals surface area (Å²) in [5, 5.41) is 26.9. The molecule has 2 aliphatic rings. The van der Waals surface area contributed by atoms with Crippen LogP contribution in [0.3, 0.4) is 0 Å².